The molecule has 0 saturated carbocycles. The number of benzene rings is 1. The summed E-state index contributed by atoms with van der Waals surface area (Å²) in [7, 11) is 0. The van der Waals surface area contributed by atoms with Gasteiger partial charge in [0.25, 0.3) is 5.91 Å². The van der Waals surface area contributed by atoms with Crippen LogP contribution in [0.5, 0.6) is 0 Å². The van der Waals surface area contributed by atoms with Crippen LogP contribution in [-0.2, 0) is 0 Å². The van der Waals surface area contributed by atoms with Crippen molar-refractivity contribution in [1.82, 2.24) is 10.2 Å². The van der Waals surface area contributed by atoms with Gasteiger partial charge in [0.2, 0.25) is 0 Å². The van der Waals surface area contributed by atoms with Crippen LogP contribution < -0.4 is 5.32 Å². The highest BCUT2D eigenvalue weighted by Gasteiger charge is 2.34. The van der Waals surface area contributed by atoms with Crippen molar-refractivity contribution >= 4 is 16.9 Å². The number of aryl methyl sites for hydroxylation is 1. The summed E-state index contributed by atoms with van der Waals surface area (Å²) in [6.07, 6.45) is 2.43. The molecule has 1 atom stereocenters. The second kappa shape index (κ2) is 4.88. The van der Waals surface area contributed by atoms with Crippen LogP contribution in [0.1, 0.15) is 29.0 Å². The average molecular weight is 285 g/mol. The van der Waals surface area contributed by atoms with Crippen LogP contribution in [0.3, 0.4) is 0 Å². The lowest BCUT2D eigenvalue weighted by Crippen LogP contribution is -2.57. The van der Waals surface area contributed by atoms with Crippen LogP contribution in [0.25, 0.3) is 11.0 Å². The van der Waals surface area contributed by atoms with Crippen molar-refractivity contribution in [3.63, 3.8) is 0 Å². The maximum Gasteiger partial charge on any atom is 0.251 e. The molecule has 4 heterocycles. The van der Waals surface area contributed by atoms with E-state index in [2.05, 4.69) is 10.2 Å². The van der Waals surface area contributed by atoms with Gasteiger partial charge in [0, 0.05) is 23.5 Å². The normalized spacial score (nSPS) is 28.0. The number of hydrogen-bond acceptors (Lipinski definition) is 3. The summed E-state index contributed by atoms with van der Waals surface area (Å²) in [5.74, 6) is 1.56. The Labute approximate surface area is 124 Å². The molecule has 4 nitrogen and oxygen atoms in total. The van der Waals surface area contributed by atoms with E-state index < -0.39 is 0 Å². The second-order valence-electron chi connectivity index (χ2n) is 6.33. The molecule has 4 heteroatoms. The molecule has 1 N–H and O–H groups in total. The van der Waals surface area contributed by atoms with Crippen LogP contribution >= 0.6 is 0 Å². The van der Waals surface area contributed by atoms with Crippen LogP contribution in [0.4, 0.5) is 0 Å². The summed E-state index contributed by atoms with van der Waals surface area (Å²) in [4.78, 5) is 14.9. The molecule has 110 valence electrons. The lowest BCUT2D eigenvalue weighted by molar-refractivity contribution is 0.0620. The van der Waals surface area contributed by atoms with Gasteiger partial charge in [0.1, 0.15) is 11.3 Å². The highest BCUT2D eigenvalue weighted by molar-refractivity contribution is 5.98. The zero-order valence-electron chi connectivity index (χ0n) is 12.3. The Balaban J connectivity index is 1.53. The van der Waals surface area contributed by atoms with E-state index in [1.54, 1.807) is 0 Å². The zero-order chi connectivity index (χ0) is 14.4. The average Bonchev–Trinajstić information content (AvgIpc) is 2.87. The third kappa shape index (κ3) is 2.33. The number of carbonyl (C=O) groups is 1. The van der Waals surface area contributed by atoms with Crippen LogP contribution in [0, 0.1) is 12.8 Å². The van der Waals surface area contributed by atoms with Crippen molar-refractivity contribution in [2.45, 2.75) is 25.8 Å². The Morgan fingerprint density at radius 3 is 2.81 bits per heavy atom. The number of carbonyl (C=O) groups excluding carboxylic acids is 1. The maximum atomic E-state index is 12.5. The molecule has 0 spiro atoms. The Kier molecular flexibility index (Phi) is 3.00. The van der Waals surface area contributed by atoms with E-state index in [1.165, 1.54) is 25.9 Å². The van der Waals surface area contributed by atoms with Gasteiger partial charge in [0.15, 0.2) is 0 Å². The van der Waals surface area contributed by atoms with E-state index in [9.17, 15) is 4.79 Å². The molecule has 0 aliphatic carbocycles. The number of piperidine rings is 3. The SMILES string of the molecule is C[13c]1cc2cc(C(=O)N[C@H]3CN4CCC3CC4)ccc2o1. The number of nitrogens with one attached hydrogen (secondary N) is 1. The molecule has 21 heavy (non-hydrogen) atoms. The predicted molar refractivity (Wildman–Crippen MR) is 81.4 cm³/mol. The number of hydrogen-bond donors (Lipinski definition) is 1. The third-order valence-electron chi connectivity index (χ3n) is 4.87. The number of fused-ring (bicyclic) bond motifs is 4. The molecule has 2 aromatic rings. The molecule has 3 aliphatic heterocycles. The summed E-state index contributed by atoms with van der Waals surface area (Å²) in [6.45, 7) is 5.31. The third-order valence-corrected chi connectivity index (χ3v) is 4.87. The summed E-state index contributed by atoms with van der Waals surface area (Å²) < 4.78 is 5.55. The summed E-state index contributed by atoms with van der Waals surface area (Å²) >= 11 is 0. The maximum absolute atomic E-state index is 12.5. The van der Waals surface area contributed by atoms with Gasteiger partial charge in [-0.3, -0.25) is 4.79 Å². The van der Waals surface area contributed by atoms with Crippen LogP contribution in [-0.4, -0.2) is 36.5 Å². The molecule has 3 saturated heterocycles. The molecule has 1 amide bonds. The standard InChI is InChI=1S/C17H20N2O2/c1-11-8-14-9-13(2-3-16(14)21-11)17(20)18-15-10-19-6-4-12(15)5-7-19/h2-3,8-9,12,15H,4-7,10H2,1H3,(H,18,20)/t15-/m0/s1/i11+1. The summed E-state index contributed by atoms with van der Waals surface area (Å²) in [5, 5.41) is 4.22. The van der Waals surface area contributed by atoms with Crippen molar-refractivity contribution in [3.05, 3.63) is 35.6 Å². The van der Waals surface area contributed by atoms with Gasteiger partial charge < -0.3 is 14.6 Å². The quantitative estimate of drug-likeness (QED) is 0.922. The Morgan fingerprint density at radius 2 is 2.10 bits per heavy atom. The molecule has 5 rings (SSSR count). The minimum Gasteiger partial charge on any atom is -0.461 e. The first-order chi connectivity index (χ1) is 10.2. The fraction of sp³-hybridized carbons (Fsp3) is 0.471. The molecule has 0 unspecified atom stereocenters. The number of amides is 1. The predicted octanol–water partition coefficient (Wildman–Crippen LogP) is 2.57. The summed E-state index contributed by atoms with van der Waals surface area (Å²) in [5.41, 5.74) is 1.56. The number of nitrogens with zero attached hydrogens (tertiary/aromatic N) is 1. The van der Waals surface area contributed by atoms with Crippen molar-refractivity contribution in [3.8, 4) is 0 Å². The minimum atomic E-state index is 0.0366. The Bertz CT molecular complexity index is 683. The molecular weight excluding hydrogens is 265 g/mol. The highest BCUT2D eigenvalue weighted by atomic mass is 16.4. The molecular formula is C17H20N2O2. The van der Waals surface area contributed by atoms with Crippen molar-refractivity contribution < 1.29 is 9.21 Å². The largest absolute Gasteiger partial charge is 0.461 e. The molecule has 1 aromatic heterocycles. The molecule has 2 bridgehead atoms. The molecule has 3 aliphatic rings. The fourth-order valence-corrected chi connectivity index (χ4v) is 3.70. The van der Waals surface area contributed by atoms with Gasteiger partial charge in [0.05, 0.1) is 0 Å². The van der Waals surface area contributed by atoms with Gasteiger partial charge in [-0.1, -0.05) is 0 Å². The fourth-order valence-electron chi connectivity index (χ4n) is 3.70. The highest BCUT2D eigenvalue weighted by Crippen LogP contribution is 2.28. The van der Waals surface area contributed by atoms with Crippen molar-refractivity contribution in [2.75, 3.05) is 19.6 Å². The van der Waals surface area contributed by atoms with E-state index in [0.29, 0.717) is 12.0 Å². The van der Waals surface area contributed by atoms with E-state index in [0.717, 1.165) is 28.8 Å². The van der Waals surface area contributed by atoms with Crippen LogP contribution in [0.2, 0.25) is 0 Å². The topological polar surface area (TPSA) is 45.5 Å². The van der Waals surface area contributed by atoms with Crippen LogP contribution in [0.15, 0.2) is 28.7 Å². The Hall–Kier alpha value is -1.81. The van der Waals surface area contributed by atoms with Crippen molar-refractivity contribution in [1.29, 1.82) is 0 Å². The van der Waals surface area contributed by atoms with Gasteiger partial charge in [-0.15, -0.1) is 0 Å². The lowest BCUT2D eigenvalue weighted by Gasteiger charge is -2.44. The summed E-state index contributed by atoms with van der Waals surface area (Å²) in [6, 6.07) is 7.93. The number of furan rings is 1. The first-order valence-corrected chi connectivity index (χ1v) is 7.72. The smallest absolute Gasteiger partial charge is 0.251 e. The van der Waals surface area contributed by atoms with Gasteiger partial charge in [-0.05, 0) is 63.0 Å². The zero-order valence-corrected chi connectivity index (χ0v) is 12.3. The first kappa shape index (κ1) is 12.9. The second-order valence-corrected chi connectivity index (χ2v) is 6.33. The lowest BCUT2D eigenvalue weighted by atomic mass is 9.84. The molecule has 1 aromatic carbocycles. The first-order valence-electron chi connectivity index (χ1n) is 7.72. The number of rotatable bonds is 2. The molecule has 0 radical (unpaired) electrons. The Morgan fingerprint density at radius 1 is 1.29 bits per heavy atom. The van der Waals surface area contributed by atoms with E-state index in [-0.39, 0.29) is 5.91 Å². The van der Waals surface area contributed by atoms with Crippen molar-refractivity contribution in [2.24, 2.45) is 5.92 Å². The van der Waals surface area contributed by atoms with Gasteiger partial charge in [-0.2, -0.15) is 0 Å². The molecule has 3 fully saturated rings. The monoisotopic (exact) mass is 285 g/mol. The van der Waals surface area contributed by atoms with E-state index in [1.807, 2.05) is 31.2 Å². The van der Waals surface area contributed by atoms with E-state index >= 15 is 0 Å². The minimum absolute atomic E-state index is 0.0366. The van der Waals surface area contributed by atoms with Gasteiger partial charge >= 0.3 is 0 Å². The van der Waals surface area contributed by atoms with Gasteiger partial charge in [-0.25, -0.2) is 0 Å². The van der Waals surface area contributed by atoms with E-state index in [4.69, 9.17) is 4.42 Å².